The molecule has 0 bridgehead atoms. The van der Waals surface area contributed by atoms with E-state index >= 15 is 0 Å². The summed E-state index contributed by atoms with van der Waals surface area (Å²) in [4.78, 5) is 4.69. The summed E-state index contributed by atoms with van der Waals surface area (Å²) in [6.07, 6.45) is 9.68. The molecule has 3 aliphatic rings. The van der Waals surface area contributed by atoms with E-state index in [1.54, 1.807) is 6.20 Å². The Labute approximate surface area is 174 Å². The normalized spacial score (nSPS) is 30.2. The first kappa shape index (κ1) is 19.6. The van der Waals surface area contributed by atoms with Crippen molar-refractivity contribution in [2.24, 2.45) is 11.7 Å². The van der Waals surface area contributed by atoms with Crippen molar-refractivity contribution in [3.8, 4) is 0 Å². The van der Waals surface area contributed by atoms with Crippen LogP contribution in [0.2, 0.25) is 0 Å². The Morgan fingerprint density at radius 1 is 1.17 bits per heavy atom. The first-order valence-corrected chi connectivity index (χ1v) is 10.5. The van der Waals surface area contributed by atoms with Crippen molar-refractivity contribution in [1.82, 2.24) is 30.2 Å². The van der Waals surface area contributed by atoms with E-state index in [2.05, 4.69) is 30.2 Å². The van der Waals surface area contributed by atoms with Gasteiger partial charge in [0.05, 0.1) is 18.1 Å². The third-order valence-corrected chi connectivity index (χ3v) is 6.76. The van der Waals surface area contributed by atoms with Crippen molar-refractivity contribution in [2.45, 2.75) is 50.5 Å². The monoisotopic (exact) mass is 415 g/mol. The maximum atomic E-state index is 14.7. The molecule has 7 nitrogen and oxygen atoms in total. The zero-order valence-corrected chi connectivity index (χ0v) is 16.8. The molecule has 2 aromatic rings. The van der Waals surface area contributed by atoms with E-state index in [-0.39, 0.29) is 36.2 Å². The van der Waals surface area contributed by atoms with E-state index in [4.69, 9.17) is 5.73 Å². The number of hydrogen-bond acceptors (Lipinski definition) is 5. The van der Waals surface area contributed by atoms with Gasteiger partial charge in [0.2, 0.25) is 0 Å². The lowest BCUT2D eigenvalue weighted by atomic mass is 9.80. The smallest absolute Gasteiger partial charge is 0.105 e. The van der Waals surface area contributed by atoms with E-state index in [9.17, 15) is 8.78 Å². The number of nitrogens with zero attached hydrogens (tertiary/aromatic N) is 4. The van der Waals surface area contributed by atoms with Gasteiger partial charge in [0.25, 0.3) is 0 Å². The minimum Gasteiger partial charge on any atom is -0.326 e. The number of halogens is 2. The van der Waals surface area contributed by atoms with Crippen molar-refractivity contribution in [3.05, 3.63) is 59.2 Å². The molecule has 2 aliphatic heterocycles. The standard InChI is InChI=1S/C21H27F2N7/c22-15-1-2-18(23)17(5-15)21-19(24)6-16(30-10-14-9-27-28-20(14)12-30)11-29(21)4-3-13-7-25-26-8-13/h1-2,7-9,16-17,19,21H,3-6,10-12,24H2,(H,25,26)(H,27,28)/t16?,17?,19?,21-/m1/s1. The molecular weight excluding hydrogens is 388 g/mol. The van der Waals surface area contributed by atoms with Crippen LogP contribution in [0.25, 0.3) is 0 Å². The Bertz CT molecular complexity index is 915. The second kappa shape index (κ2) is 8.05. The maximum Gasteiger partial charge on any atom is 0.105 e. The van der Waals surface area contributed by atoms with E-state index in [1.807, 2.05) is 12.4 Å². The summed E-state index contributed by atoms with van der Waals surface area (Å²) < 4.78 is 28.8. The third kappa shape index (κ3) is 3.73. The number of nitrogens with two attached hydrogens (primary N) is 1. The predicted octanol–water partition coefficient (Wildman–Crippen LogP) is 2.19. The number of allylic oxidation sites excluding steroid dienone is 3. The molecule has 1 fully saturated rings. The van der Waals surface area contributed by atoms with Crippen molar-refractivity contribution < 1.29 is 8.78 Å². The van der Waals surface area contributed by atoms with Crippen molar-refractivity contribution in [2.75, 3.05) is 13.1 Å². The number of aromatic amines is 2. The fraction of sp³-hybridized carbons (Fsp3) is 0.524. The Balaban J connectivity index is 1.35. The van der Waals surface area contributed by atoms with Crippen LogP contribution >= 0.6 is 0 Å². The average molecular weight is 415 g/mol. The van der Waals surface area contributed by atoms with Gasteiger partial charge in [-0.2, -0.15) is 10.2 Å². The number of aromatic nitrogens is 4. The molecule has 0 radical (unpaired) electrons. The second-order valence-electron chi connectivity index (χ2n) is 8.65. The molecule has 0 amide bonds. The Kier molecular flexibility index (Phi) is 5.26. The molecule has 4 N–H and O–H groups in total. The molecule has 4 heterocycles. The molecule has 3 unspecified atom stereocenters. The predicted molar refractivity (Wildman–Crippen MR) is 108 cm³/mol. The van der Waals surface area contributed by atoms with Gasteiger partial charge < -0.3 is 5.73 Å². The summed E-state index contributed by atoms with van der Waals surface area (Å²) in [5.74, 6) is -1.09. The average Bonchev–Trinajstić information content (AvgIpc) is 3.45. The molecule has 2 aromatic heterocycles. The second-order valence-corrected chi connectivity index (χ2v) is 8.65. The fourth-order valence-electron chi connectivity index (χ4n) is 5.24. The zero-order chi connectivity index (χ0) is 20.7. The summed E-state index contributed by atoms with van der Waals surface area (Å²) in [7, 11) is 0. The molecule has 160 valence electrons. The number of fused-ring (bicyclic) bond motifs is 1. The first-order chi connectivity index (χ1) is 14.6. The Morgan fingerprint density at radius 3 is 2.87 bits per heavy atom. The number of nitrogens with one attached hydrogen (secondary N) is 2. The SMILES string of the molecule is NC1CC(N2Cc3cn[nH]c3C2)CN(CCc2cn[nH]c2)[C@@H]1C1CC(F)=CC=C1F. The van der Waals surface area contributed by atoms with Crippen molar-refractivity contribution in [3.63, 3.8) is 0 Å². The summed E-state index contributed by atoms with van der Waals surface area (Å²) in [5.41, 5.74) is 10.1. The number of rotatable bonds is 5. The molecule has 0 saturated carbocycles. The van der Waals surface area contributed by atoms with Crippen LogP contribution in [0.4, 0.5) is 8.78 Å². The highest BCUT2D eigenvalue weighted by Crippen LogP contribution is 2.37. The Hall–Kier alpha value is -2.36. The Morgan fingerprint density at radius 2 is 2.07 bits per heavy atom. The van der Waals surface area contributed by atoms with Gasteiger partial charge in [0.1, 0.15) is 11.7 Å². The van der Waals surface area contributed by atoms with Crippen LogP contribution in [0.3, 0.4) is 0 Å². The van der Waals surface area contributed by atoms with Crippen molar-refractivity contribution in [1.29, 1.82) is 0 Å². The van der Waals surface area contributed by atoms with Crippen LogP contribution in [0.5, 0.6) is 0 Å². The quantitative estimate of drug-likeness (QED) is 0.697. The minimum atomic E-state index is -0.536. The molecule has 5 rings (SSSR count). The molecule has 0 spiro atoms. The van der Waals surface area contributed by atoms with Crippen LogP contribution in [0.1, 0.15) is 29.7 Å². The van der Waals surface area contributed by atoms with Gasteiger partial charge in [-0.3, -0.25) is 20.0 Å². The summed E-state index contributed by atoms with van der Waals surface area (Å²) in [5, 5.41) is 14.0. The lowest BCUT2D eigenvalue weighted by molar-refractivity contribution is 0.0206. The number of hydrogen-bond donors (Lipinski definition) is 3. The van der Waals surface area contributed by atoms with Gasteiger partial charge >= 0.3 is 0 Å². The van der Waals surface area contributed by atoms with Gasteiger partial charge in [-0.05, 0) is 30.6 Å². The summed E-state index contributed by atoms with van der Waals surface area (Å²) in [6.45, 7) is 3.17. The molecule has 4 atom stereocenters. The van der Waals surface area contributed by atoms with Crippen LogP contribution in [-0.4, -0.2) is 61.4 Å². The fourth-order valence-corrected chi connectivity index (χ4v) is 5.24. The lowest BCUT2D eigenvalue weighted by Gasteiger charge is -2.48. The zero-order valence-electron chi connectivity index (χ0n) is 16.8. The number of H-pyrrole nitrogens is 2. The highest BCUT2D eigenvalue weighted by molar-refractivity contribution is 5.24. The molecule has 1 saturated heterocycles. The van der Waals surface area contributed by atoms with Crippen LogP contribution in [0.15, 0.2) is 42.4 Å². The van der Waals surface area contributed by atoms with Gasteiger partial charge in [-0.15, -0.1) is 0 Å². The lowest BCUT2D eigenvalue weighted by Crippen LogP contribution is -2.62. The topological polar surface area (TPSA) is 89.9 Å². The molecule has 0 aromatic carbocycles. The van der Waals surface area contributed by atoms with E-state index in [1.165, 1.54) is 17.7 Å². The van der Waals surface area contributed by atoms with Gasteiger partial charge in [0, 0.05) is 68.4 Å². The third-order valence-electron chi connectivity index (χ3n) is 6.76. The largest absolute Gasteiger partial charge is 0.326 e. The highest BCUT2D eigenvalue weighted by Gasteiger charge is 2.43. The number of piperidine rings is 1. The van der Waals surface area contributed by atoms with Gasteiger partial charge in [-0.25, -0.2) is 8.78 Å². The van der Waals surface area contributed by atoms with E-state index in [0.29, 0.717) is 0 Å². The van der Waals surface area contributed by atoms with Crippen LogP contribution < -0.4 is 5.73 Å². The highest BCUT2D eigenvalue weighted by atomic mass is 19.1. The molecular formula is C21H27F2N7. The van der Waals surface area contributed by atoms with E-state index in [0.717, 1.165) is 50.3 Å². The maximum absolute atomic E-state index is 14.7. The van der Waals surface area contributed by atoms with Crippen molar-refractivity contribution >= 4 is 0 Å². The molecule has 30 heavy (non-hydrogen) atoms. The van der Waals surface area contributed by atoms with Gasteiger partial charge in [-0.1, -0.05) is 0 Å². The summed E-state index contributed by atoms with van der Waals surface area (Å²) >= 11 is 0. The summed E-state index contributed by atoms with van der Waals surface area (Å²) in [6, 6.07) is -0.205. The van der Waals surface area contributed by atoms with E-state index < -0.39 is 5.92 Å². The first-order valence-electron chi connectivity index (χ1n) is 10.5. The minimum absolute atomic E-state index is 0.0769. The van der Waals surface area contributed by atoms with Crippen LogP contribution in [0, 0.1) is 5.92 Å². The van der Waals surface area contributed by atoms with Gasteiger partial charge in [0.15, 0.2) is 0 Å². The molecule has 9 heteroatoms. The number of likely N-dealkylation sites (tertiary alicyclic amines) is 1. The van der Waals surface area contributed by atoms with Crippen LogP contribution in [-0.2, 0) is 19.5 Å². The molecule has 1 aliphatic carbocycles.